The third-order valence-electron chi connectivity index (χ3n) is 4.10. The summed E-state index contributed by atoms with van der Waals surface area (Å²) < 4.78 is 13.1. The Bertz CT molecular complexity index is 408. The van der Waals surface area contributed by atoms with E-state index in [0.29, 0.717) is 11.6 Å². The summed E-state index contributed by atoms with van der Waals surface area (Å²) >= 11 is 6.04. The van der Waals surface area contributed by atoms with Gasteiger partial charge in [-0.05, 0) is 55.0 Å². The van der Waals surface area contributed by atoms with Crippen LogP contribution in [-0.2, 0) is 6.54 Å². The first-order chi connectivity index (χ1) is 9.15. The molecular formula is C16H23ClFN. The van der Waals surface area contributed by atoms with E-state index >= 15 is 0 Å². The van der Waals surface area contributed by atoms with E-state index in [9.17, 15) is 4.39 Å². The summed E-state index contributed by atoms with van der Waals surface area (Å²) in [5.41, 5.74) is 0.846. The summed E-state index contributed by atoms with van der Waals surface area (Å²) in [6, 6.07) is 4.53. The number of nitrogens with one attached hydrogen (secondary N) is 1. The van der Waals surface area contributed by atoms with Crippen molar-refractivity contribution in [3.63, 3.8) is 0 Å². The van der Waals surface area contributed by atoms with Crippen molar-refractivity contribution in [2.24, 2.45) is 11.8 Å². The van der Waals surface area contributed by atoms with Gasteiger partial charge in [-0.1, -0.05) is 37.8 Å². The van der Waals surface area contributed by atoms with Crippen LogP contribution in [0.1, 0.15) is 44.6 Å². The maximum atomic E-state index is 13.1. The number of hydrogen-bond donors (Lipinski definition) is 1. The van der Waals surface area contributed by atoms with E-state index in [-0.39, 0.29) is 5.82 Å². The molecule has 3 heteroatoms. The molecule has 2 unspecified atom stereocenters. The summed E-state index contributed by atoms with van der Waals surface area (Å²) in [6.07, 6.45) is 6.72. The lowest BCUT2D eigenvalue weighted by atomic mass is 9.81. The highest BCUT2D eigenvalue weighted by Gasteiger charge is 2.18. The second kappa shape index (κ2) is 7.25. The Morgan fingerprint density at radius 1 is 1.37 bits per heavy atom. The van der Waals surface area contributed by atoms with Crippen LogP contribution in [0, 0.1) is 17.7 Å². The van der Waals surface area contributed by atoms with Gasteiger partial charge in [-0.25, -0.2) is 4.39 Å². The number of halogens is 2. The van der Waals surface area contributed by atoms with Crippen molar-refractivity contribution in [1.29, 1.82) is 0 Å². The second-order valence-corrected chi connectivity index (χ2v) is 6.25. The Balaban J connectivity index is 1.70. The zero-order valence-corrected chi connectivity index (χ0v) is 12.3. The molecule has 19 heavy (non-hydrogen) atoms. The highest BCUT2D eigenvalue weighted by atomic mass is 35.5. The van der Waals surface area contributed by atoms with Crippen LogP contribution in [0.3, 0.4) is 0 Å². The van der Waals surface area contributed by atoms with E-state index in [0.717, 1.165) is 23.9 Å². The molecule has 0 radical (unpaired) electrons. The molecule has 2 rings (SSSR count). The van der Waals surface area contributed by atoms with E-state index in [1.165, 1.54) is 44.2 Å². The predicted molar refractivity (Wildman–Crippen MR) is 78.9 cm³/mol. The maximum Gasteiger partial charge on any atom is 0.123 e. The minimum absolute atomic E-state index is 0.220. The molecule has 0 bridgehead atoms. The average Bonchev–Trinajstić information content (AvgIpc) is 2.39. The summed E-state index contributed by atoms with van der Waals surface area (Å²) in [5.74, 6) is 1.53. The Hall–Kier alpha value is -0.600. The van der Waals surface area contributed by atoms with Gasteiger partial charge in [0.1, 0.15) is 5.82 Å². The van der Waals surface area contributed by atoms with Crippen LogP contribution >= 0.6 is 11.6 Å². The quantitative estimate of drug-likeness (QED) is 0.767. The molecule has 1 nitrogen and oxygen atoms in total. The molecule has 1 aromatic rings. The van der Waals surface area contributed by atoms with Crippen molar-refractivity contribution in [3.05, 3.63) is 34.6 Å². The third-order valence-corrected chi connectivity index (χ3v) is 4.47. The molecule has 0 spiro atoms. The second-order valence-electron chi connectivity index (χ2n) is 5.84. The number of rotatable bonds is 5. The first kappa shape index (κ1) is 14.8. The van der Waals surface area contributed by atoms with Crippen molar-refractivity contribution < 1.29 is 4.39 Å². The Labute approximate surface area is 120 Å². The van der Waals surface area contributed by atoms with Crippen LogP contribution in [0.4, 0.5) is 4.39 Å². The van der Waals surface area contributed by atoms with Gasteiger partial charge in [-0.2, -0.15) is 0 Å². The van der Waals surface area contributed by atoms with Crippen molar-refractivity contribution in [3.8, 4) is 0 Å². The normalized spacial score (nSPS) is 23.5. The van der Waals surface area contributed by atoms with E-state index < -0.39 is 0 Å². The molecule has 1 aliphatic rings. The molecule has 2 atom stereocenters. The monoisotopic (exact) mass is 283 g/mol. The van der Waals surface area contributed by atoms with Gasteiger partial charge in [0.15, 0.2) is 0 Å². The van der Waals surface area contributed by atoms with Crippen molar-refractivity contribution >= 4 is 11.6 Å². The van der Waals surface area contributed by atoms with Gasteiger partial charge in [0.2, 0.25) is 0 Å². The fourth-order valence-electron chi connectivity index (χ4n) is 3.03. The molecule has 1 aromatic carbocycles. The topological polar surface area (TPSA) is 12.0 Å². The minimum Gasteiger partial charge on any atom is -0.313 e. The largest absolute Gasteiger partial charge is 0.313 e. The van der Waals surface area contributed by atoms with Crippen LogP contribution in [0.5, 0.6) is 0 Å². The highest BCUT2D eigenvalue weighted by Crippen LogP contribution is 2.30. The lowest BCUT2D eigenvalue weighted by molar-refractivity contribution is 0.267. The molecular weight excluding hydrogens is 261 g/mol. The lowest BCUT2D eigenvalue weighted by Crippen LogP contribution is -2.21. The first-order valence-corrected chi connectivity index (χ1v) is 7.67. The molecule has 0 heterocycles. The fourth-order valence-corrected chi connectivity index (χ4v) is 3.21. The molecule has 0 saturated heterocycles. The first-order valence-electron chi connectivity index (χ1n) is 7.30. The molecule has 1 fully saturated rings. The number of hydrogen-bond acceptors (Lipinski definition) is 1. The van der Waals surface area contributed by atoms with Crippen LogP contribution in [0.25, 0.3) is 0 Å². The van der Waals surface area contributed by atoms with Gasteiger partial charge in [-0.15, -0.1) is 0 Å². The summed E-state index contributed by atoms with van der Waals surface area (Å²) in [7, 11) is 0. The standard InChI is InChI=1S/C16H23ClFN/c1-12-3-2-4-13(9-12)7-8-19-11-14-10-15(18)5-6-16(14)17/h5-6,10,12-13,19H,2-4,7-9,11H2,1H3. The Morgan fingerprint density at radius 3 is 3.00 bits per heavy atom. The van der Waals surface area contributed by atoms with Gasteiger partial charge in [0.25, 0.3) is 0 Å². The van der Waals surface area contributed by atoms with Crippen LogP contribution in [-0.4, -0.2) is 6.54 Å². The fraction of sp³-hybridized carbons (Fsp3) is 0.625. The smallest absolute Gasteiger partial charge is 0.123 e. The van der Waals surface area contributed by atoms with Gasteiger partial charge in [-0.3, -0.25) is 0 Å². The molecule has 0 aliphatic heterocycles. The van der Waals surface area contributed by atoms with Crippen LogP contribution in [0.15, 0.2) is 18.2 Å². The molecule has 0 amide bonds. The van der Waals surface area contributed by atoms with E-state index in [1.807, 2.05) is 0 Å². The molecule has 1 N–H and O–H groups in total. The van der Waals surface area contributed by atoms with Crippen LogP contribution < -0.4 is 5.32 Å². The zero-order chi connectivity index (χ0) is 13.7. The summed E-state index contributed by atoms with van der Waals surface area (Å²) in [4.78, 5) is 0. The number of benzene rings is 1. The minimum atomic E-state index is -0.220. The van der Waals surface area contributed by atoms with Crippen molar-refractivity contribution in [2.75, 3.05) is 6.54 Å². The predicted octanol–water partition coefficient (Wildman–Crippen LogP) is 4.79. The summed E-state index contributed by atoms with van der Waals surface area (Å²) in [6.45, 7) is 4.00. The van der Waals surface area contributed by atoms with E-state index in [2.05, 4.69) is 12.2 Å². The van der Waals surface area contributed by atoms with E-state index in [4.69, 9.17) is 11.6 Å². The zero-order valence-electron chi connectivity index (χ0n) is 11.6. The Kier molecular flexibility index (Phi) is 5.65. The van der Waals surface area contributed by atoms with Crippen LogP contribution in [0.2, 0.25) is 5.02 Å². The Morgan fingerprint density at radius 2 is 2.21 bits per heavy atom. The molecule has 1 aliphatic carbocycles. The average molecular weight is 284 g/mol. The van der Waals surface area contributed by atoms with Crippen molar-refractivity contribution in [2.45, 2.75) is 45.6 Å². The lowest BCUT2D eigenvalue weighted by Gasteiger charge is -2.26. The van der Waals surface area contributed by atoms with Gasteiger partial charge >= 0.3 is 0 Å². The van der Waals surface area contributed by atoms with Gasteiger partial charge < -0.3 is 5.32 Å². The highest BCUT2D eigenvalue weighted by molar-refractivity contribution is 6.31. The molecule has 1 saturated carbocycles. The molecule has 0 aromatic heterocycles. The van der Waals surface area contributed by atoms with E-state index in [1.54, 1.807) is 6.07 Å². The maximum absolute atomic E-state index is 13.1. The van der Waals surface area contributed by atoms with Gasteiger partial charge in [0.05, 0.1) is 0 Å². The van der Waals surface area contributed by atoms with Crippen molar-refractivity contribution in [1.82, 2.24) is 5.32 Å². The SMILES string of the molecule is CC1CCCC(CCNCc2cc(F)ccc2Cl)C1. The summed E-state index contributed by atoms with van der Waals surface area (Å²) in [5, 5.41) is 4.02. The van der Waals surface area contributed by atoms with Gasteiger partial charge in [0, 0.05) is 11.6 Å². The third kappa shape index (κ3) is 4.77. The molecule has 106 valence electrons.